The van der Waals surface area contributed by atoms with Crippen LogP contribution in [-0.2, 0) is 4.74 Å². The number of rotatable bonds is 3. The topological polar surface area (TPSA) is 51.2 Å². The lowest BCUT2D eigenvalue weighted by Gasteiger charge is -2.05. The third kappa shape index (κ3) is 2.85. The number of nitrogens with one attached hydrogen (secondary N) is 1. The SMILES string of the molecule is COC(=O)c1sc(Nc2c(F)cccc2Cl)nc1C. The number of ether oxygens (including phenoxy) is 1. The Bertz CT molecular complexity index is 610. The molecule has 0 saturated carbocycles. The van der Waals surface area contributed by atoms with E-state index in [4.69, 9.17) is 11.6 Å². The summed E-state index contributed by atoms with van der Waals surface area (Å²) in [5.41, 5.74) is 0.654. The Morgan fingerprint density at radius 2 is 2.26 bits per heavy atom. The highest BCUT2D eigenvalue weighted by molar-refractivity contribution is 7.17. The maximum Gasteiger partial charge on any atom is 0.350 e. The van der Waals surface area contributed by atoms with Gasteiger partial charge in [-0.15, -0.1) is 0 Å². The number of carbonyl (C=O) groups is 1. The molecule has 0 fully saturated rings. The first-order valence-electron chi connectivity index (χ1n) is 5.29. The van der Waals surface area contributed by atoms with Crippen LogP contribution in [0, 0.1) is 12.7 Å². The van der Waals surface area contributed by atoms with Crippen molar-refractivity contribution in [2.24, 2.45) is 0 Å². The van der Waals surface area contributed by atoms with Gasteiger partial charge in [-0.3, -0.25) is 0 Å². The van der Waals surface area contributed by atoms with Crippen LogP contribution in [0.3, 0.4) is 0 Å². The molecule has 0 unspecified atom stereocenters. The number of esters is 1. The molecule has 2 rings (SSSR count). The number of hydrogen-bond donors (Lipinski definition) is 1. The molecule has 0 atom stereocenters. The van der Waals surface area contributed by atoms with Gasteiger partial charge in [-0.05, 0) is 19.1 Å². The molecule has 0 amide bonds. The fraction of sp³-hybridized carbons (Fsp3) is 0.167. The van der Waals surface area contributed by atoms with E-state index in [-0.39, 0.29) is 10.7 Å². The Morgan fingerprint density at radius 3 is 2.89 bits per heavy atom. The van der Waals surface area contributed by atoms with Gasteiger partial charge in [0.2, 0.25) is 0 Å². The van der Waals surface area contributed by atoms with Gasteiger partial charge in [0.15, 0.2) is 5.13 Å². The standard InChI is InChI=1S/C12H10ClFN2O2S/c1-6-10(11(17)18-2)19-12(15-6)16-9-7(13)4-3-5-8(9)14/h3-5H,1-2H3,(H,15,16). The van der Waals surface area contributed by atoms with Gasteiger partial charge >= 0.3 is 5.97 Å². The van der Waals surface area contributed by atoms with E-state index < -0.39 is 11.8 Å². The summed E-state index contributed by atoms with van der Waals surface area (Å²) in [5.74, 6) is -0.956. The number of methoxy groups -OCH3 is 1. The van der Waals surface area contributed by atoms with E-state index in [1.807, 2.05) is 0 Å². The summed E-state index contributed by atoms with van der Waals surface area (Å²) in [4.78, 5) is 16.0. The third-order valence-electron chi connectivity index (χ3n) is 2.36. The van der Waals surface area contributed by atoms with E-state index in [0.717, 1.165) is 11.3 Å². The van der Waals surface area contributed by atoms with Crippen molar-refractivity contribution in [3.63, 3.8) is 0 Å². The van der Waals surface area contributed by atoms with Gasteiger partial charge in [-0.1, -0.05) is 29.0 Å². The van der Waals surface area contributed by atoms with Crippen LogP contribution in [-0.4, -0.2) is 18.1 Å². The van der Waals surface area contributed by atoms with E-state index >= 15 is 0 Å². The second-order valence-electron chi connectivity index (χ2n) is 3.65. The Hall–Kier alpha value is -1.66. The van der Waals surface area contributed by atoms with E-state index in [1.54, 1.807) is 13.0 Å². The molecule has 0 aliphatic heterocycles. The summed E-state index contributed by atoms with van der Waals surface area (Å²) in [6.45, 7) is 1.68. The molecule has 7 heteroatoms. The maximum atomic E-state index is 13.6. The largest absolute Gasteiger partial charge is 0.465 e. The summed E-state index contributed by atoms with van der Waals surface area (Å²) in [6, 6.07) is 4.36. The number of anilines is 2. The van der Waals surface area contributed by atoms with Crippen molar-refractivity contribution in [1.29, 1.82) is 0 Å². The molecule has 0 bridgehead atoms. The first-order chi connectivity index (χ1) is 9.02. The molecule has 100 valence electrons. The molecule has 1 N–H and O–H groups in total. The van der Waals surface area contributed by atoms with Crippen molar-refractivity contribution < 1.29 is 13.9 Å². The fourth-order valence-corrected chi connectivity index (χ4v) is 2.56. The maximum absolute atomic E-state index is 13.6. The monoisotopic (exact) mass is 300 g/mol. The highest BCUT2D eigenvalue weighted by atomic mass is 35.5. The zero-order valence-electron chi connectivity index (χ0n) is 10.2. The van der Waals surface area contributed by atoms with Gasteiger partial charge in [-0.2, -0.15) is 0 Å². The molecule has 0 aliphatic carbocycles. The van der Waals surface area contributed by atoms with Crippen LogP contribution in [0.25, 0.3) is 0 Å². The van der Waals surface area contributed by atoms with Gasteiger partial charge in [0.25, 0.3) is 0 Å². The van der Waals surface area contributed by atoms with Gasteiger partial charge in [0.1, 0.15) is 10.7 Å². The summed E-state index contributed by atoms with van der Waals surface area (Å²) in [6.07, 6.45) is 0. The zero-order valence-corrected chi connectivity index (χ0v) is 11.7. The predicted octanol–water partition coefficient (Wildman–Crippen LogP) is 3.77. The molecular formula is C12H10ClFN2O2S. The molecule has 0 aliphatic rings. The minimum Gasteiger partial charge on any atom is -0.465 e. The Morgan fingerprint density at radius 1 is 1.53 bits per heavy atom. The predicted molar refractivity (Wildman–Crippen MR) is 72.9 cm³/mol. The molecular weight excluding hydrogens is 291 g/mol. The quantitative estimate of drug-likeness (QED) is 0.877. The average Bonchev–Trinajstić information content (AvgIpc) is 2.74. The molecule has 0 radical (unpaired) electrons. The number of halogens is 2. The molecule has 0 spiro atoms. The molecule has 19 heavy (non-hydrogen) atoms. The summed E-state index contributed by atoms with van der Waals surface area (Å²) >= 11 is 6.98. The summed E-state index contributed by atoms with van der Waals surface area (Å²) < 4.78 is 18.2. The van der Waals surface area contributed by atoms with Crippen molar-refractivity contribution in [2.45, 2.75) is 6.92 Å². The first-order valence-corrected chi connectivity index (χ1v) is 6.49. The van der Waals surface area contributed by atoms with Crippen LogP contribution >= 0.6 is 22.9 Å². The van der Waals surface area contributed by atoms with Crippen LogP contribution in [0.4, 0.5) is 15.2 Å². The van der Waals surface area contributed by atoms with Crippen molar-refractivity contribution in [1.82, 2.24) is 4.98 Å². The molecule has 1 heterocycles. The minimum absolute atomic E-state index is 0.134. The number of para-hydroxylation sites is 1. The third-order valence-corrected chi connectivity index (χ3v) is 3.73. The average molecular weight is 301 g/mol. The van der Waals surface area contributed by atoms with Gasteiger partial charge in [-0.25, -0.2) is 14.2 Å². The number of aromatic nitrogens is 1. The highest BCUT2D eigenvalue weighted by Gasteiger charge is 2.17. The lowest BCUT2D eigenvalue weighted by Crippen LogP contribution is -1.99. The van der Waals surface area contributed by atoms with Crippen LogP contribution in [0.5, 0.6) is 0 Å². The molecule has 2 aromatic rings. The van der Waals surface area contributed by atoms with Crippen LogP contribution in [0.15, 0.2) is 18.2 Å². The number of aryl methyl sites for hydroxylation is 1. The van der Waals surface area contributed by atoms with E-state index in [9.17, 15) is 9.18 Å². The first kappa shape index (κ1) is 13.8. The fourth-order valence-electron chi connectivity index (χ4n) is 1.46. The van der Waals surface area contributed by atoms with Crippen LogP contribution in [0.1, 0.15) is 15.4 Å². The molecule has 1 aromatic carbocycles. The summed E-state index contributed by atoms with van der Waals surface area (Å²) in [5, 5.41) is 3.40. The normalized spacial score (nSPS) is 10.3. The Kier molecular flexibility index (Phi) is 4.01. The summed E-state index contributed by atoms with van der Waals surface area (Å²) in [7, 11) is 1.29. The number of nitrogens with zero attached hydrogens (tertiary/aromatic N) is 1. The van der Waals surface area contributed by atoms with E-state index in [0.29, 0.717) is 15.7 Å². The Labute approximate surface area is 118 Å². The van der Waals surface area contributed by atoms with Gasteiger partial charge in [0.05, 0.1) is 23.5 Å². The number of hydrogen-bond acceptors (Lipinski definition) is 5. The number of thiazole rings is 1. The number of carbonyl (C=O) groups excluding carboxylic acids is 1. The van der Waals surface area contributed by atoms with Crippen molar-refractivity contribution >= 4 is 39.7 Å². The molecule has 0 saturated heterocycles. The second-order valence-corrected chi connectivity index (χ2v) is 5.05. The van der Waals surface area contributed by atoms with Crippen molar-refractivity contribution in [3.05, 3.63) is 39.6 Å². The van der Waals surface area contributed by atoms with Crippen LogP contribution < -0.4 is 5.32 Å². The molecule has 1 aromatic heterocycles. The van der Waals surface area contributed by atoms with Crippen molar-refractivity contribution in [3.8, 4) is 0 Å². The smallest absolute Gasteiger partial charge is 0.350 e. The van der Waals surface area contributed by atoms with E-state index in [2.05, 4.69) is 15.0 Å². The molecule has 4 nitrogen and oxygen atoms in total. The Balaban J connectivity index is 2.32. The minimum atomic E-state index is -0.486. The zero-order chi connectivity index (χ0) is 14.0. The van der Waals surface area contributed by atoms with Crippen LogP contribution in [0.2, 0.25) is 5.02 Å². The van der Waals surface area contributed by atoms with Crippen molar-refractivity contribution in [2.75, 3.05) is 12.4 Å². The van der Waals surface area contributed by atoms with Gasteiger partial charge in [0, 0.05) is 0 Å². The van der Waals surface area contributed by atoms with Gasteiger partial charge < -0.3 is 10.1 Å². The highest BCUT2D eigenvalue weighted by Crippen LogP contribution is 2.31. The second kappa shape index (κ2) is 5.54. The van der Waals surface area contributed by atoms with E-state index in [1.165, 1.54) is 19.2 Å². The lowest BCUT2D eigenvalue weighted by molar-refractivity contribution is 0.0605. The number of benzene rings is 1. The lowest BCUT2D eigenvalue weighted by atomic mass is 10.3.